The van der Waals surface area contributed by atoms with E-state index < -0.39 is 23.4 Å². The van der Waals surface area contributed by atoms with Gasteiger partial charge in [0.25, 0.3) is 11.6 Å². The number of rotatable bonds is 7. The Hall–Kier alpha value is -2.68. The van der Waals surface area contributed by atoms with Crippen LogP contribution in [-0.2, 0) is 9.63 Å². The molecule has 20 heavy (non-hydrogen) atoms. The summed E-state index contributed by atoms with van der Waals surface area (Å²) >= 11 is 0. The van der Waals surface area contributed by atoms with E-state index >= 15 is 0 Å². The van der Waals surface area contributed by atoms with E-state index in [4.69, 9.17) is 5.11 Å². The van der Waals surface area contributed by atoms with Crippen molar-refractivity contribution in [3.63, 3.8) is 0 Å². The summed E-state index contributed by atoms with van der Waals surface area (Å²) in [5.74, 6) is -1.64. The van der Waals surface area contributed by atoms with Gasteiger partial charge in [0.2, 0.25) is 0 Å². The van der Waals surface area contributed by atoms with Gasteiger partial charge in [-0.3, -0.25) is 25.2 Å². The molecule has 1 aromatic carbocycles. The van der Waals surface area contributed by atoms with Gasteiger partial charge in [0.15, 0.2) is 6.61 Å². The third-order valence-corrected chi connectivity index (χ3v) is 2.17. The Morgan fingerprint density at radius 2 is 2.15 bits per heavy atom. The second-order valence-electron chi connectivity index (χ2n) is 3.63. The van der Waals surface area contributed by atoms with Crippen molar-refractivity contribution in [1.82, 2.24) is 5.32 Å². The quantitative estimate of drug-likeness (QED) is 0.497. The Balaban J connectivity index is 2.96. The van der Waals surface area contributed by atoms with Gasteiger partial charge < -0.3 is 10.4 Å². The first kappa shape index (κ1) is 15.4. The van der Waals surface area contributed by atoms with Gasteiger partial charge in [-0.15, -0.1) is 0 Å². The highest BCUT2D eigenvalue weighted by Crippen LogP contribution is 2.25. The molecule has 3 N–H and O–H groups in total. The maximum absolute atomic E-state index is 11.6. The second kappa shape index (κ2) is 7.04. The van der Waals surface area contributed by atoms with Crippen LogP contribution in [-0.4, -0.2) is 35.1 Å². The molecule has 1 aromatic rings. The number of nitrogens with zero attached hydrogens (tertiary/aromatic N) is 1. The van der Waals surface area contributed by atoms with E-state index in [-0.39, 0.29) is 16.9 Å². The smallest absolute Gasteiger partial charge is 0.332 e. The molecule has 0 aromatic heterocycles. The van der Waals surface area contributed by atoms with Crippen LogP contribution in [0.2, 0.25) is 0 Å². The summed E-state index contributed by atoms with van der Waals surface area (Å²) in [6.45, 7) is 1.47. The summed E-state index contributed by atoms with van der Waals surface area (Å²) in [5.41, 5.74) is 1.93. The maximum Gasteiger partial charge on any atom is 0.332 e. The molecule has 9 heteroatoms. The molecule has 0 aliphatic carbocycles. The zero-order valence-electron chi connectivity index (χ0n) is 10.6. The summed E-state index contributed by atoms with van der Waals surface area (Å²) in [4.78, 5) is 36.6. The molecule has 0 unspecified atom stereocenters. The molecule has 0 heterocycles. The lowest BCUT2D eigenvalue weighted by molar-refractivity contribution is -0.384. The lowest BCUT2D eigenvalue weighted by Gasteiger charge is -2.08. The molecule has 0 saturated carbocycles. The summed E-state index contributed by atoms with van der Waals surface area (Å²) in [5, 5.41) is 21.8. The van der Waals surface area contributed by atoms with Crippen molar-refractivity contribution in [3.05, 3.63) is 33.9 Å². The van der Waals surface area contributed by atoms with Crippen molar-refractivity contribution in [3.8, 4) is 0 Å². The zero-order valence-corrected chi connectivity index (χ0v) is 10.6. The SMILES string of the molecule is CCNC(=O)c1ccc([N+](=O)[O-])c(NOCC(=O)O)c1. The number of hydrogen-bond donors (Lipinski definition) is 3. The highest BCUT2D eigenvalue weighted by atomic mass is 16.7. The van der Waals surface area contributed by atoms with E-state index in [2.05, 4.69) is 15.6 Å². The topological polar surface area (TPSA) is 131 Å². The van der Waals surface area contributed by atoms with Gasteiger partial charge in [-0.05, 0) is 19.1 Å². The van der Waals surface area contributed by atoms with Crippen LogP contribution in [0.5, 0.6) is 0 Å². The third kappa shape index (κ3) is 4.21. The molecule has 0 fully saturated rings. The van der Waals surface area contributed by atoms with Crippen molar-refractivity contribution in [2.75, 3.05) is 18.6 Å². The maximum atomic E-state index is 11.6. The Labute approximate surface area is 113 Å². The molecule has 0 spiro atoms. The fourth-order valence-electron chi connectivity index (χ4n) is 1.36. The largest absolute Gasteiger partial charge is 0.479 e. The van der Waals surface area contributed by atoms with Crippen molar-refractivity contribution in [1.29, 1.82) is 0 Å². The average molecular weight is 283 g/mol. The molecular formula is C11H13N3O6. The second-order valence-corrected chi connectivity index (χ2v) is 3.63. The summed E-state index contributed by atoms with van der Waals surface area (Å²) in [6.07, 6.45) is 0. The van der Waals surface area contributed by atoms with Gasteiger partial charge in [0.05, 0.1) is 4.92 Å². The number of carboxylic acids is 1. The van der Waals surface area contributed by atoms with Crippen LogP contribution in [0.3, 0.4) is 0 Å². The van der Waals surface area contributed by atoms with Crippen LogP contribution in [0, 0.1) is 10.1 Å². The Bertz CT molecular complexity index is 531. The number of carboxylic acid groups (broad SMARTS) is 1. The van der Waals surface area contributed by atoms with E-state index in [0.717, 1.165) is 6.07 Å². The van der Waals surface area contributed by atoms with Crippen molar-refractivity contribution < 1.29 is 24.5 Å². The van der Waals surface area contributed by atoms with Gasteiger partial charge in [0, 0.05) is 18.2 Å². The number of hydrogen-bond acceptors (Lipinski definition) is 6. The number of benzene rings is 1. The average Bonchev–Trinajstić information content (AvgIpc) is 2.38. The monoisotopic (exact) mass is 283 g/mol. The lowest BCUT2D eigenvalue weighted by atomic mass is 10.1. The van der Waals surface area contributed by atoms with E-state index in [9.17, 15) is 19.7 Å². The number of aliphatic carboxylic acids is 1. The van der Waals surface area contributed by atoms with Gasteiger partial charge in [-0.2, -0.15) is 0 Å². The first-order valence-corrected chi connectivity index (χ1v) is 5.62. The normalized spacial score (nSPS) is 9.85. The number of nitrogens with one attached hydrogen (secondary N) is 2. The fourth-order valence-corrected chi connectivity index (χ4v) is 1.36. The van der Waals surface area contributed by atoms with E-state index in [1.165, 1.54) is 12.1 Å². The molecule has 1 rings (SSSR count). The number of nitro groups is 1. The van der Waals surface area contributed by atoms with Gasteiger partial charge in [-0.25, -0.2) is 4.79 Å². The minimum absolute atomic E-state index is 0.0972. The van der Waals surface area contributed by atoms with E-state index in [0.29, 0.717) is 6.54 Å². The summed E-state index contributed by atoms with van der Waals surface area (Å²) < 4.78 is 0. The number of carbonyl (C=O) groups is 2. The highest BCUT2D eigenvalue weighted by Gasteiger charge is 2.17. The van der Waals surface area contributed by atoms with Crippen molar-refractivity contribution in [2.24, 2.45) is 0 Å². The van der Waals surface area contributed by atoms with E-state index in [1.807, 2.05) is 0 Å². The molecule has 0 aliphatic heterocycles. The van der Waals surface area contributed by atoms with Crippen LogP contribution in [0.1, 0.15) is 17.3 Å². The Morgan fingerprint density at radius 3 is 2.70 bits per heavy atom. The Kier molecular flexibility index (Phi) is 5.42. The predicted octanol–water partition coefficient (Wildman–Crippen LogP) is 0.773. The number of anilines is 1. The van der Waals surface area contributed by atoms with Crippen LogP contribution >= 0.6 is 0 Å². The number of carbonyl (C=O) groups excluding carboxylic acids is 1. The van der Waals surface area contributed by atoms with Gasteiger partial charge in [0.1, 0.15) is 5.69 Å². The molecule has 0 atom stereocenters. The van der Waals surface area contributed by atoms with Crippen molar-refractivity contribution >= 4 is 23.3 Å². The molecule has 0 radical (unpaired) electrons. The molecule has 0 aliphatic rings. The molecule has 0 bridgehead atoms. The predicted molar refractivity (Wildman–Crippen MR) is 68.3 cm³/mol. The third-order valence-electron chi connectivity index (χ3n) is 2.17. The van der Waals surface area contributed by atoms with Crippen molar-refractivity contribution in [2.45, 2.75) is 6.92 Å². The minimum Gasteiger partial charge on any atom is -0.479 e. The van der Waals surface area contributed by atoms with Crippen LogP contribution < -0.4 is 10.8 Å². The van der Waals surface area contributed by atoms with Crippen LogP contribution in [0.25, 0.3) is 0 Å². The number of nitro benzene ring substituents is 1. The summed E-state index contributed by atoms with van der Waals surface area (Å²) in [6, 6.07) is 3.65. The molecule has 0 saturated heterocycles. The molecule has 9 nitrogen and oxygen atoms in total. The molecular weight excluding hydrogens is 270 g/mol. The molecule has 1 amide bonds. The minimum atomic E-state index is -1.24. The van der Waals surface area contributed by atoms with E-state index in [1.54, 1.807) is 6.92 Å². The summed E-state index contributed by atoms with van der Waals surface area (Å²) in [7, 11) is 0. The van der Waals surface area contributed by atoms with Gasteiger partial charge >= 0.3 is 5.97 Å². The fraction of sp³-hybridized carbons (Fsp3) is 0.273. The highest BCUT2D eigenvalue weighted by molar-refractivity contribution is 5.95. The Morgan fingerprint density at radius 1 is 1.45 bits per heavy atom. The first-order valence-electron chi connectivity index (χ1n) is 5.62. The zero-order chi connectivity index (χ0) is 15.1. The van der Waals surface area contributed by atoms with Crippen LogP contribution in [0.4, 0.5) is 11.4 Å². The van der Waals surface area contributed by atoms with Gasteiger partial charge in [-0.1, -0.05) is 0 Å². The molecule has 108 valence electrons. The standard InChI is InChI=1S/C11H13N3O6/c1-2-12-11(17)7-3-4-9(14(18)19)8(5-7)13-20-6-10(15)16/h3-5,13H,2,6H2,1H3,(H,12,17)(H,15,16). The lowest BCUT2D eigenvalue weighted by Crippen LogP contribution is -2.22. The number of amides is 1. The first-order chi connectivity index (χ1) is 9.45. The van der Waals surface area contributed by atoms with Crippen LogP contribution in [0.15, 0.2) is 18.2 Å².